The van der Waals surface area contributed by atoms with Gasteiger partial charge in [0.1, 0.15) is 12.7 Å². The summed E-state index contributed by atoms with van der Waals surface area (Å²) in [6.45, 7) is 5.66. The van der Waals surface area contributed by atoms with Gasteiger partial charge in [0.15, 0.2) is 0 Å². The van der Waals surface area contributed by atoms with Crippen molar-refractivity contribution in [2.45, 2.75) is 64.5 Å². The maximum absolute atomic E-state index is 12.5. The van der Waals surface area contributed by atoms with E-state index in [0.717, 1.165) is 39.0 Å². The van der Waals surface area contributed by atoms with Crippen LogP contribution in [0.15, 0.2) is 24.3 Å². The van der Waals surface area contributed by atoms with E-state index in [2.05, 4.69) is 26.4 Å². The minimum atomic E-state index is -0.0566. The molecule has 2 heterocycles. The molecule has 0 aromatic carbocycles. The number of likely N-dealkylation sites (tertiary alicyclic amines) is 1. The van der Waals surface area contributed by atoms with Crippen LogP contribution in [0.25, 0.3) is 0 Å². The number of nitrogens with zero attached hydrogens (tertiary/aromatic N) is 4. The van der Waals surface area contributed by atoms with E-state index in [1.54, 1.807) is 12.7 Å². The molecular formula is C19H31N5O. The third kappa shape index (κ3) is 5.39. The Morgan fingerprint density at radius 2 is 2.32 bits per heavy atom. The number of amides is 1. The van der Waals surface area contributed by atoms with Gasteiger partial charge < -0.3 is 5.32 Å². The lowest BCUT2D eigenvalue weighted by molar-refractivity contribution is -0.126. The summed E-state index contributed by atoms with van der Waals surface area (Å²) in [6.07, 6.45) is 14.1. The Labute approximate surface area is 150 Å². The van der Waals surface area contributed by atoms with E-state index in [4.69, 9.17) is 0 Å². The average Bonchev–Trinajstić information content (AvgIpc) is 3.15. The third-order valence-corrected chi connectivity index (χ3v) is 5.52. The van der Waals surface area contributed by atoms with Crippen LogP contribution in [0.3, 0.4) is 0 Å². The van der Waals surface area contributed by atoms with Gasteiger partial charge in [-0.25, -0.2) is 4.98 Å². The fourth-order valence-electron chi connectivity index (χ4n) is 3.98. The van der Waals surface area contributed by atoms with Gasteiger partial charge in [0.25, 0.3) is 0 Å². The highest BCUT2D eigenvalue weighted by Gasteiger charge is 2.27. The van der Waals surface area contributed by atoms with Crippen molar-refractivity contribution in [1.82, 2.24) is 25.0 Å². The van der Waals surface area contributed by atoms with Crippen molar-refractivity contribution in [1.29, 1.82) is 0 Å². The van der Waals surface area contributed by atoms with Crippen molar-refractivity contribution in [3.05, 3.63) is 24.3 Å². The lowest BCUT2D eigenvalue weighted by atomic mass is 9.96. The predicted octanol–water partition coefficient (Wildman–Crippen LogP) is 2.39. The molecule has 0 unspecified atom stereocenters. The zero-order valence-corrected chi connectivity index (χ0v) is 15.4. The van der Waals surface area contributed by atoms with E-state index in [-0.39, 0.29) is 11.9 Å². The summed E-state index contributed by atoms with van der Waals surface area (Å²) in [6, 6.07) is -0.0566. The molecule has 6 nitrogen and oxygen atoms in total. The Kier molecular flexibility index (Phi) is 6.62. The Bertz CT molecular complexity index is 568. The molecule has 0 saturated carbocycles. The number of carbonyl (C=O) groups excluding carboxylic acids is 1. The van der Waals surface area contributed by atoms with Crippen LogP contribution in [-0.4, -0.2) is 51.2 Å². The Morgan fingerprint density at radius 3 is 3.08 bits per heavy atom. The zero-order chi connectivity index (χ0) is 17.5. The summed E-state index contributed by atoms with van der Waals surface area (Å²) in [5.74, 6) is 0.705. The highest BCUT2D eigenvalue weighted by molar-refractivity contribution is 5.81. The first kappa shape index (κ1) is 18.1. The summed E-state index contributed by atoms with van der Waals surface area (Å²) in [4.78, 5) is 18.8. The highest BCUT2D eigenvalue weighted by Crippen LogP contribution is 2.21. The van der Waals surface area contributed by atoms with E-state index in [0.29, 0.717) is 5.92 Å². The number of piperidine rings is 1. The van der Waals surface area contributed by atoms with Gasteiger partial charge in [0, 0.05) is 19.6 Å². The summed E-state index contributed by atoms with van der Waals surface area (Å²) in [7, 11) is 0. The fraction of sp³-hybridized carbons (Fsp3) is 0.737. The Balaban J connectivity index is 1.42. The van der Waals surface area contributed by atoms with Gasteiger partial charge in [0.05, 0.1) is 6.04 Å². The number of allylic oxidation sites excluding steroid dienone is 1. The molecule has 1 aliphatic heterocycles. The summed E-state index contributed by atoms with van der Waals surface area (Å²) in [5, 5.41) is 7.34. The second-order valence-electron chi connectivity index (χ2n) is 7.45. The highest BCUT2D eigenvalue weighted by atomic mass is 16.2. The lowest BCUT2D eigenvalue weighted by Crippen LogP contribution is -2.49. The Hall–Kier alpha value is -1.69. The second-order valence-corrected chi connectivity index (χ2v) is 7.45. The minimum absolute atomic E-state index is 0.0566. The van der Waals surface area contributed by atoms with Gasteiger partial charge in [-0.2, -0.15) is 5.10 Å². The van der Waals surface area contributed by atoms with Gasteiger partial charge in [-0.15, -0.1) is 0 Å². The van der Waals surface area contributed by atoms with Gasteiger partial charge in [0.2, 0.25) is 5.91 Å². The molecule has 0 radical (unpaired) electrons. The van der Waals surface area contributed by atoms with E-state index < -0.39 is 0 Å². The molecule has 2 aliphatic rings. The van der Waals surface area contributed by atoms with Crippen LogP contribution in [0.4, 0.5) is 0 Å². The largest absolute Gasteiger partial charge is 0.354 e. The summed E-state index contributed by atoms with van der Waals surface area (Å²) >= 11 is 0. The molecule has 1 aliphatic carbocycles. The Morgan fingerprint density at radius 1 is 1.40 bits per heavy atom. The number of nitrogens with one attached hydrogen (secondary N) is 1. The molecule has 0 bridgehead atoms. The van der Waals surface area contributed by atoms with Crippen molar-refractivity contribution in [3.63, 3.8) is 0 Å². The first-order valence-corrected chi connectivity index (χ1v) is 9.74. The SMILES string of the molecule is C[C@@H](C(=O)NCCC1=CCCCC1)N1CCC[C@H](Cn2cncn2)C1. The molecule has 3 rings (SSSR count). The smallest absolute Gasteiger partial charge is 0.237 e. The molecule has 6 heteroatoms. The molecule has 1 aromatic rings. The van der Waals surface area contributed by atoms with E-state index in [9.17, 15) is 4.79 Å². The van der Waals surface area contributed by atoms with Crippen molar-refractivity contribution in [3.8, 4) is 0 Å². The van der Waals surface area contributed by atoms with Gasteiger partial charge in [-0.3, -0.25) is 14.4 Å². The molecule has 25 heavy (non-hydrogen) atoms. The molecule has 1 N–H and O–H groups in total. The predicted molar refractivity (Wildman–Crippen MR) is 98.0 cm³/mol. The molecule has 0 spiro atoms. The summed E-state index contributed by atoms with van der Waals surface area (Å²) < 4.78 is 1.90. The monoisotopic (exact) mass is 345 g/mol. The van der Waals surface area contributed by atoms with E-state index in [1.165, 1.54) is 37.7 Å². The summed E-state index contributed by atoms with van der Waals surface area (Å²) in [5.41, 5.74) is 1.52. The van der Waals surface area contributed by atoms with Crippen LogP contribution < -0.4 is 5.32 Å². The van der Waals surface area contributed by atoms with Crippen LogP contribution in [0.1, 0.15) is 51.9 Å². The van der Waals surface area contributed by atoms with Crippen molar-refractivity contribution in [2.24, 2.45) is 5.92 Å². The van der Waals surface area contributed by atoms with E-state index in [1.807, 2.05) is 11.6 Å². The van der Waals surface area contributed by atoms with Crippen LogP contribution in [0.5, 0.6) is 0 Å². The lowest BCUT2D eigenvalue weighted by Gasteiger charge is -2.36. The maximum atomic E-state index is 12.5. The number of carbonyl (C=O) groups is 1. The number of aromatic nitrogens is 3. The fourth-order valence-corrected chi connectivity index (χ4v) is 3.98. The van der Waals surface area contributed by atoms with Crippen LogP contribution >= 0.6 is 0 Å². The number of hydrogen-bond acceptors (Lipinski definition) is 4. The van der Waals surface area contributed by atoms with Crippen molar-refractivity contribution >= 4 is 5.91 Å². The molecule has 1 saturated heterocycles. The van der Waals surface area contributed by atoms with Gasteiger partial charge in [-0.1, -0.05) is 11.6 Å². The van der Waals surface area contributed by atoms with Crippen LogP contribution in [0, 0.1) is 5.92 Å². The first-order chi connectivity index (χ1) is 12.2. The third-order valence-electron chi connectivity index (χ3n) is 5.52. The molecule has 138 valence electrons. The normalized spacial score (nSPS) is 23.1. The average molecular weight is 345 g/mol. The number of rotatable bonds is 7. The van der Waals surface area contributed by atoms with Gasteiger partial charge >= 0.3 is 0 Å². The minimum Gasteiger partial charge on any atom is -0.354 e. The van der Waals surface area contributed by atoms with Crippen LogP contribution in [0.2, 0.25) is 0 Å². The molecular weight excluding hydrogens is 314 g/mol. The molecule has 1 aromatic heterocycles. The van der Waals surface area contributed by atoms with Crippen molar-refractivity contribution in [2.75, 3.05) is 19.6 Å². The van der Waals surface area contributed by atoms with Gasteiger partial charge in [-0.05, 0) is 64.3 Å². The quantitative estimate of drug-likeness (QED) is 0.771. The first-order valence-electron chi connectivity index (χ1n) is 9.74. The molecule has 2 atom stereocenters. The second kappa shape index (κ2) is 9.13. The van der Waals surface area contributed by atoms with E-state index >= 15 is 0 Å². The molecule has 1 fully saturated rings. The number of hydrogen-bond donors (Lipinski definition) is 1. The van der Waals surface area contributed by atoms with Crippen LogP contribution in [-0.2, 0) is 11.3 Å². The molecule has 1 amide bonds. The topological polar surface area (TPSA) is 63.1 Å². The van der Waals surface area contributed by atoms with Crippen molar-refractivity contribution < 1.29 is 4.79 Å². The standard InChI is InChI=1S/C19H31N5O/c1-16(19(25)21-10-9-17-6-3-2-4-7-17)23-11-5-8-18(12-23)13-24-15-20-14-22-24/h6,14-16,18H,2-5,7-13H2,1H3,(H,21,25)/t16-,18-/m0/s1. The maximum Gasteiger partial charge on any atom is 0.237 e. The zero-order valence-electron chi connectivity index (χ0n) is 15.4.